The lowest BCUT2D eigenvalue weighted by molar-refractivity contribution is -0.210. The number of piperidine rings is 1. The van der Waals surface area contributed by atoms with Gasteiger partial charge in [0.2, 0.25) is 0 Å². The van der Waals surface area contributed by atoms with E-state index in [-0.39, 0.29) is 12.0 Å². The van der Waals surface area contributed by atoms with Gasteiger partial charge in [-0.25, -0.2) is 8.78 Å². The number of halogens is 5. The van der Waals surface area contributed by atoms with Gasteiger partial charge in [0.05, 0.1) is 5.56 Å². The summed E-state index contributed by atoms with van der Waals surface area (Å²) in [5, 5.41) is 10.3. The second-order valence-electron chi connectivity index (χ2n) is 8.45. The van der Waals surface area contributed by atoms with Crippen LogP contribution in [0, 0.1) is 0 Å². The van der Waals surface area contributed by atoms with E-state index in [4.69, 9.17) is 4.74 Å². The summed E-state index contributed by atoms with van der Waals surface area (Å²) in [6.45, 7) is 0.837. The lowest BCUT2D eigenvalue weighted by atomic mass is 9.72. The minimum atomic E-state index is -4.40. The van der Waals surface area contributed by atoms with Gasteiger partial charge in [-0.1, -0.05) is 12.1 Å². The topological polar surface area (TPSA) is 49.8 Å². The maximum atomic E-state index is 13.1. The van der Waals surface area contributed by atoms with Gasteiger partial charge in [0.1, 0.15) is 17.5 Å². The van der Waals surface area contributed by atoms with Crippen molar-refractivity contribution in [2.45, 2.75) is 49.5 Å². The number of carbonyl (C=O) groups is 1. The molecule has 0 bridgehead atoms. The molecule has 32 heavy (non-hydrogen) atoms. The van der Waals surface area contributed by atoms with Crippen molar-refractivity contribution in [3.05, 3.63) is 65.2 Å². The second-order valence-corrected chi connectivity index (χ2v) is 8.45. The summed E-state index contributed by atoms with van der Waals surface area (Å²) in [6.07, 6.45) is -4.81. The first-order valence-electron chi connectivity index (χ1n) is 10.3. The maximum Gasteiger partial charge on any atom is 0.416 e. The number of carbonyl (C=O) groups excluding carboxylic acids is 1. The number of alkyl halides is 5. The fraction of sp³-hybridized carbons (Fsp3) is 0.435. The number of aliphatic hydroxyl groups is 1. The molecule has 0 unspecified atom stereocenters. The average Bonchev–Trinajstić information content (AvgIpc) is 2.72. The molecule has 1 aliphatic heterocycles. The van der Waals surface area contributed by atoms with Gasteiger partial charge < -0.3 is 14.7 Å². The zero-order valence-corrected chi connectivity index (χ0v) is 17.0. The summed E-state index contributed by atoms with van der Waals surface area (Å²) in [5.41, 5.74) is -1.54. The van der Waals surface area contributed by atoms with Gasteiger partial charge >= 0.3 is 6.18 Å². The Hall–Kier alpha value is -2.68. The third-order valence-corrected chi connectivity index (χ3v) is 5.98. The monoisotopic (exact) mass is 455 g/mol. The summed E-state index contributed by atoms with van der Waals surface area (Å²) in [5.74, 6) is -2.73. The Bertz CT molecular complexity index is 957. The molecule has 172 valence electrons. The minimum absolute atomic E-state index is 0.213. The van der Waals surface area contributed by atoms with E-state index < -0.39 is 36.1 Å². The highest BCUT2D eigenvalue weighted by molar-refractivity contribution is 5.94. The van der Waals surface area contributed by atoms with Gasteiger partial charge in [-0.3, -0.25) is 4.79 Å². The van der Waals surface area contributed by atoms with Crippen molar-refractivity contribution in [1.29, 1.82) is 0 Å². The van der Waals surface area contributed by atoms with Gasteiger partial charge in [0.25, 0.3) is 11.8 Å². The highest BCUT2D eigenvalue weighted by atomic mass is 19.4. The molecule has 2 aromatic carbocycles. The van der Waals surface area contributed by atoms with Crippen LogP contribution in [0.1, 0.15) is 47.2 Å². The lowest BCUT2D eigenvalue weighted by Gasteiger charge is -2.43. The maximum absolute atomic E-state index is 13.1. The largest absolute Gasteiger partial charge is 0.490 e. The van der Waals surface area contributed by atoms with Gasteiger partial charge in [0, 0.05) is 44.3 Å². The fourth-order valence-electron chi connectivity index (χ4n) is 4.21. The van der Waals surface area contributed by atoms with Gasteiger partial charge in [-0.15, -0.1) is 0 Å². The van der Waals surface area contributed by atoms with Crippen LogP contribution >= 0.6 is 0 Å². The molecule has 1 N–H and O–H groups in total. The zero-order chi connectivity index (χ0) is 23.1. The predicted octanol–water partition coefficient (Wildman–Crippen LogP) is 5.01. The third-order valence-electron chi connectivity index (χ3n) is 5.98. The molecule has 4 nitrogen and oxygen atoms in total. The molecule has 2 aliphatic rings. The van der Waals surface area contributed by atoms with Crippen molar-refractivity contribution in [2.75, 3.05) is 13.1 Å². The molecule has 0 atom stereocenters. The summed E-state index contributed by atoms with van der Waals surface area (Å²) >= 11 is 0. The summed E-state index contributed by atoms with van der Waals surface area (Å²) < 4.78 is 70.0. The molecule has 9 heteroatoms. The summed E-state index contributed by atoms with van der Waals surface area (Å²) in [7, 11) is 0. The van der Waals surface area contributed by atoms with E-state index >= 15 is 0 Å². The van der Waals surface area contributed by atoms with Crippen LogP contribution in [0.5, 0.6) is 5.75 Å². The quantitative estimate of drug-likeness (QED) is 0.660. The van der Waals surface area contributed by atoms with Crippen molar-refractivity contribution in [2.24, 2.45) is 0 Å². The highest BCUT2D eigenvalue weighted by Crippen LogP contribution is 2.51. The van der Waals surface area contributed by atoms with Crippen LogP contribution in [0.25, 0.3) is 0 Å². The Balaban J connectivity index is 1.30. The smallest absolute Gasteiger partial charge is 0.416 e. The van der Waals surface area contributed by atoms with Crippen LogP contribution in [0.4, 0.5) is 22.0 Å². The van der Waals surface area contributed by atoms with E-state index in [9.17, 15) is 31.9 Å². The van der Waals surface area contributed by atoms with Gasteiger partial charge in [-0.05, 0) is 42.0 Å². The first-order chi connectivity index (χ1) is 15.0. The number of hydrogen-bond acceptors (Lipinski definition) is 3. The Morgan fingerprint density at radius 2 is 1.53 bits per heavy atom. The Kier molecular flexibility index (Phi) is 5.65. The van der Waals surface area contributed by atoms with E-state index in [1.54, 1.807) is 4.90 Å². The molecule has 2 aromatic rings. The Labute approximate surface area is 181 Å². The van der Waals surface area contributed by atoms with E-state index in [1.165, 1.54) is 36.4 Å². The number of amides is 1. The van der Waals surface area contributed by atoms with Crippen molar-refractivity contribution >= 4 is 5.91 Å². The second kappa shape index (κ2) is 8.03. The molecule has 2 fully saturated rings. The van der Waals surface area contributed by atoms with Crippen molar-refractivity contribution in [3.63, 3.8) is 0 Å². The van der Waals surface area contributed by atoms with Crippen molar-refractivity contribution in [1.82, 2.24) is 4.90 Å². The molecular weight excluding hydrogens is 433 g/mol. The third kappa shape index (κ3) is 4.72. The molecule has 1 aliphatic carbocycles. The molecular formula is C23H22F5NO3. The highest BCUT2D eigenvalue weighted by Gasteiger charge is 2.56. The van der Waals surface area contributed by atoms with Crippen molar-refractivity contribution in [3.8, 4) is 5.75 Å². The van der Waals surface area contributed by atoms with Crippen LogP contribution < -0.4 is 4.74 Å². The Morgan fingerprint density at radius 1 is 0.969 bits per heavy atom. The minimum Gasteiger partial charge on any atom is -0.490 e. The summed E-state index contributed by atoms with van der Waals surface area (Å²) in [6, 6.07) is 10.6. The van der Waals surface area contributed by atoms with Crippen LogP contribution in [0.3, 0.4) is 0 Å². The molecule has 0 aromatic heterocycles. The normalized spacial score (nSPS) is 20.5. The number of hydrogen-bond donors (Lipinski definition) is 1. The van der Waals surface area contributed by atoms with E-state index in [0.717, 1.165) is 12.1 Å². The van der Waals surface area contributed by atoms with E-state index in [0.29, 0.717) is 42.8 Å². The molecule has 4 rings (SSSR count). The Morgan fingerprint density at radius 3 is 2.03 bits per heavy atom. The van der Waals surface area contributed by atoms with Crippen molar-refractivity contribution < 1.29 is 36.6 Å². The van der Waals surface area contributed by atoms with Crippen LogP contribution in [0.15, 0.2) is 48.5 Å². The SMILES string of the molecule is O=C(c1ccc(C2(O)CC(F)(F)C2)cc1)N1CCC(Oc2ccc(C(F)(F)F)cc2)CC1. The molecule has 1 amide bonds. The van der Waals surface area contributed by atoms with Gasteiger partial charge in [0.15, 0.2) is 0 Å². The molecule has 1 saturated carbocycles. The summed E-state index contributed by atoms with van der Waals surface area (Å²) in [4.78, 5) is 14.4. The van der Waals surface area contributed by atoms with E-state index in [1.807, 2.05) is 0 Å². The lowest BCUT2D eigenvalue weighted by Crippen LogP contribution is -2.49. The first-order valence-corrected chi connectivity index (χ1v) is 10.3. The zero-order valence-electron chi connectivity index (χ0n) is 17.0. The predicted molar refractivity (Wildman–Crippen MR) is 106 cm³/mol. The molecule has 1 saturated heterocycles. The van der Waals surface area contributed by atoms with Crippen LogP contribution in [-0.2, 0) is 11.8 Å². The number of ether oxygens (including phenoxy) is 1. The van der Waals surface area contributed by atoms with E-state index in [2.05, 4.69) is 0 Å². The number of nitrogens with zero attached hydrogens (tertiary/aromatic N) is 1. The average molecular weight is 455 g/mol. The van der Waals surface area contributed by atoms with Crippen LogP contribution in [0.2, 0.25) is 0 Å². The fourth-order valence-corrected chi connectivity index (χ4v) is 4.21. The number of benzene rings is 2. The molecule has 0 spiro atoms. The number of rotatable bonds is 4. The van der Waals surface area contributed by atoms with Gasteiger partial charge in [-0.2, -0.15) is 13.2 Å². The standard InChI is InChI=1S/C23H22F5NO3/c24-22(25)13-21(31,14-22)16-3-1-15(2-4-16)20(30)29-11-9-19(10-12-29)32-18-7-5-17(6-8-18)23(26,27)28/h1-8,19,31H,9-14H2. The first kappa shape index (κ1) is 22.5. The number of likely N-dealkylation sites (tertiary alicyclic amines) is 1. The molecule has 0 radical (unpaired) electrons. The van der Waals surface area contributed by atoms with Crippen LogP contribution in [-0.4, -0.2) is 41.0 Å². The molecule has 1 heterocycles.